The molecule has 0 bridgehead atoms. The fraction of sp³-hybridized carbons (Fsp3) is 0.444. The fourth-order valence-corrected chi connectivity index (χ4v) is 1.93. The molecule has 1 heterocycles. The summed E-state index contributed by atoms with van der Waals surface area (Å²) in [5.74, 6) is 0.101. The summed E-state index contributed by atoms with van der Waals surface area (Å²) in [4.78, 5) is 28.7. The molecule has 16 heavy (non-hydrogen) atoms. The van der Waals surface area contributed by atoms with Crippen LogP contribution in [0.15, 0.2) is 22.2 Å². The molecule has 7 heteroatoms. The average Bonchev–Trinajstić information content (AvgIpc) is 2.29. The van der Waals surface area contributed by atoms with E-state index >= 15 is 0 Å². The Morgan fingerprint density at radius 3 is 3.06 bits per heavy atom. The highest BCUT2D eigenvalue weighted by atomic mass is 32.2. The summed E-state index contributed by atoms with van der Waals surface area (Å²) in [5, 5.41) is 3.31. The van der Waals surface area contributed by atoms with Crippen molar-refractivity contribution in [1.82, 2.24) is 15.3 Å². The van der Waals surface area contributed by atoms with E-state index in [2.05, 4.69) is 20.0 Å². The highest BCUT2D eigenvalue weighted by molar-refractivity contribution is 7.99. The maximum Gasteiger partial charge on any atom is 0.323 e. The third-order valence-corrected chi connectivity index (χ3v) is 2.85. The number of esters is 1. The Hall–Kier alpha value is -1.34. The quantitative estimate of drug-likeness (QED) is 0.417. The summed E-state index contributed by atoms with van der Waals surface area (Å²) < 4.78 is 4.61. The average molecular weight is 243 g/mol. The van der Waals surface area contributed by atoms with E-state index in [4.69, 9.17) is 0 Å². The zero-order valence-electron chi connectivity index (χ0n) is 9.02. The lowest BCUT2D eigenvalue weighted by molar-refractivity contribution is -0.142. The van der Waals surface area contributed by atoms with Gasteiger partial charge in [-0.15, -0.1) is 0 Å². The van der Waals surface area contributed by atoms with Crippen LogP contribution in [0.5, 0.6) is 0 Å². The van der Waals surface area contributed by atoms with Crippen LogP contribution in [-0.2, 0) is 9.53 Å². The van der Waals surface area contributed by atoms with E-state index < -0.39 is 6.04 Å². The number of aromatic nitrogens is 2. The van der Waals surface area contributed by atoms with E-state index in [9.17, 15) is 9.59 Å². The molecule has 0 aliphatic heterocycles. The van der Waals surface area contributed by atoms with Gasteiger partial charge in [0.05, 0.1) is 7.11 Å². The number of methoxy groups -OCH3 is 1. The van der Waals surface area contributed by atoms with E-state index in [1.54, 1.807) is 7.05 Å². The van der Waals surface area contributed by atoms with Crippen molar-refractivity contribution in [1.29, 1.82) is 0 Å². The smallest absolute Gasteiger partial charge is 0.323 e. The standard InChI is InChI=1S/C9H13N3O3S/c1-10-6(8(14)15-2)5-16-9-11-4-3-7(13)12-9/h3-4,6,10H,5H2,1-2H3,(H,11,12,13). The van der Waals surface area contributed by atoms with E-state index in [-0.39, 0.29) is 11.5 Å². The number of rotatable bonds is 5. The number of carbonyl (C=O) groups excluding carboxylic acids is 1. The van der Waals surface area contributed by atoms with E-state index in [0.717, 1.165) is 0 Å². The summed E-state index contributed by atoms with van der Waals surface area (Å²) in [6, 6.07) is 0.917. The Kier molecular flexibility index (Phi) is 5.00. The maximum atomic E-state index is 11.2. The van der Waals surface area contributed by atoms with Crippen LogP contribution >= 0.6 is 11.8 Å². The highest BCUT2D eigenvalue weighted by Gasteiger charge is 2.17. The first-order valence-corrected chi connectivity index (χ1v) is 5.59. The normalized spacial score (nSPS) is 12.1. The van der Waals surface area contributed by atoms with Gasteiger partial charge in [0.25, 0.3) is 5.56 Å². The number of H-pyrrole nitrogens is 1. The molecule has 6 nitrogen and oxygen atoms in total. The van der Waals surface area contributed by atoms with Crippen molar-refractivity contribution in [2.75, 3.05) is 19.9 Å². The minimum atomic E-state index is -0.416. The number of thioether (sulfide) groups is 1. The Balaban J connectivity index is 2.56. The largest absolute Gasteiger partial charge is 0.468 e. The minimum absolute atomic E-state index is 0.212. The summed E-state index contributed by atoms with van der Waals surface area (Å²) in [7, 11) is 3.00. The Morgan fingerprint density at radius 2 is 2.50 bits per heavy atom. The third-order valence-electron chi connectivity index (χ3n) is 1.87. The van der Waals surface area contributed by atoms with Crippen LogP contribution in [0.4, 0.5) is 0 Å². The maximum absolute atomic E-state index is 11.2. The van der Waals surface area contributed by atoms with Gasteiger partial charge in [0.1, 0.15) is 6.04 Å². The van der Waals surface area contributed by atoms with E-state index in [1.165, 1.54) is 31.1 Å². The molecule has 0 amide bonds. The summed E-state index contributed by atoms with van der Waals surface area (Å²) in [5.41, 5.74) is -0.212. The molecule has 88 valence electrons. The lowest BCUT2D eigenvalue weighted by Crippen LogP contribution is -2.37. The van der Waals surface area contributed by atoms with Gasteiger partial charge in [0.2, 0.25) is 0 Å². The molecule has 0 saturated heterocycles. The van der Waals surface area contributed by atoms with Gasteiger partial charge in [-0.2, -0.15) is 0 Å². The van der Waals surface area contributed by atoms with Crippen LogP contribution in [0.25, 0.3) is 0 Å². The molecule has 0 radical (unpaired) electrons. The molecule has 1 aromatic heterocycles. The number of aromatic amines is 1. The van der Waals surface area contributed by atoms with Crippen LogP contribution in [0.3, 0.4) is 0 Å². The van der Waals surface area contributed by atoms with Crippen molar-refractivity contribution in [3.8, 4) is 0 Å². The number of hydrogen-bond acceptors (Lipinski definition) is 6. The van der Waals surface area contributed by atoms with Crippen LogP contribution in [0.1, 0.15) is 0 Å². The topological polar surface area (TPSA) is 84.1 Å². The molecular formula is C9H13N3O3S. The summed E-state index contributed by atoms with van der Waals surface area (Å²) in [6.45, 7) is 0. The molecule has 0 aromatic carbocycles. The van der Waals surface area contributed by atoms with Gasteiger partial charge in [-0.25, -0.2) is 4.98 Å². The second kappa shape index (κ2) is 6.29. The van der Waals surface area contributed by atoms with Gasteiger partial charge >= 0.3 is 5.97 Å². The van der Waals surface area contributed by atoms with Crippen LogP contribution in [0.2, 0.25) is 0 Å². The van der Waals surface area contributed by atoms with Gasteiger partial charge < -0.3 is 15.0 Å². The van der Waals surface area contributed by atoms with Crippen molar-refractivity contribution in [2.24, 2.45) is 0 Å². The van der Waals surface area contributed by atoms with Gasteiger partial charge in [-0.05, 0) is 7.05 Å². The Labute approximate surface area is 96.8 Å². The summed E-state index contributed by atoms with van der Waals surface area (Å²) in [6.07, 6.45) is 1.42. The van der Waals surface area contributed by atoms with E-state index in [1.807, 2.05) is 0 Å². The van der Waals surface area contributed by atoms with Gasteiger partial charge in [0, 0.05) is 18.0 Å². The first-order chi connectivity index (χ1) is 7.67. The molecule has 1 rings (SSSR count). The molecule has 1 unspecified atom stereocenters. The molecule has 0 saturated carbocycles. The SMILES string of the molecule is CNC(CSc1nccc(=O)[nH]1)C(=O)OC. The fourth-order valence-electron chi connectivity index (χ4n) is 0.999. The van der Waals surface area contributed by atoms with Crippen LogP contribution in [0, 0.1) is 0 Å². The van der Waals surface area contributed by atoms with Crippen molar-refractivity contribution >= 4 is 17.7 Å². The van der Waals surface area contributed by atoms with Crippen molar-refractivity contribution in [3.05, 3.63) is 22.6 Å². The molecule has 0 aliphatic carbocycles. The van der Waals surface area contributed by atoms with Crippen LogP contribution in [-0.4, -0.2) is 41.9 Å². The minimum Gasteiger partial charge on any atom is -0.468 e. The second-order valence-corrected chi connectivity index (χ2v) is 3.92. The van der Waals surface area contributed by atoms with Gasteiger partial charge in [-0.3, -0.25) is 9.59 Å². The Bertz CT molecular complexity index is 407. The number of ether oxygens (including phenoxy) is 1. The predicted octanol–water partition coefficient (Wildman–Crippen LogP) is -0.377. The molecular weight excluding hydrogens is 230 g/mol. The third kappa shape index (κ3) is 3.67. The summed E-state index contributed by atoms with van der Waals surface area (Å²) >= 11 is 1.28. The predicted molar refractivity (Wildman–Crippen MR) is 60.4 cm³/mol. The number of nitrogens with one attached hydrogen (secondary N) is 2. The van der Waals surface area contributed by atoms with E-state index in [0.29, 0.717) is 10.9 Å². The zero-order valence-corrected chi connectivity index (χ0v) is 9.84. The van der Waals surface area contributed by atoms with Gasteiger partial charge in [0.15, 0.2) is 5.16 Å². The molecule has 0 fully saturated rings. The van der Waals surface area contributed by atoms with Gasteiger partial charge in [-0.1, -0.05) is 11.8 Å². The van der Waals surface area contributed by atoms with Crippen LogP contribution < -0.4 is 10.9 Å². The van der Waals surface area contributed by atoms with Crippen molar-refractivity contribution in [2.45, 2.75) is 11.2 Å². The first-order valence-electron chi connectivity index (χ1n) is 4.60. The first kappa shape index (κ1) is 12.7. The second-order valence-electron chi connectivity index (χ2n) is 2.91. The number of hydrogen-bond donors (Lipinski definition) is 2. The number of likely N-dealkylation sites (N-methyl/N-ethyl adjacent to an activating group) is 1. The highest BCUT2D eigenvalue weighted by Crippen LogP contribution is 2.11. The molecule has 1 aromatic rings. The lowest BCUT2D eigenvalue weighted by atomic mass is 10.3. The van der Waals surface area contributed by atoms with Crippen molar-refractivity contribution in [3.63, 3.8) is 0 Å². The molecule has 2 N–H and O–H groups in total. The molecule has 1 atom stereocenters. The Morgan fingerprint density at radius 1 is 1.75 bits per heavy atom. The zero-order chi connectivity index (χ0) is 12.0. The molecule has 0 spiro atoms. The van der Waals surface area contributed by atoms with Crippen molar-refractivity contribution < 1.29 is 9.53 Å². The number of carbonyl (C=O) groups is 1. The monoisotopic (exact) mass is 243 g/mol. The molecule has 0 aliphatic rings. The lowest BCUT2D eigenvalue weighted by Gasteiger charge is -2.12. The number of nitrogens with zero attached hydrogens (tertiary/aromatic N) is 1.